The van der Waals surface area contributed by atoms with Gasteiger partial charge in [0.15, 0.2) is 5.11 Å². The average molecular weight is 384 g/mol. The lowest BCUT2D eigenvalue weighted by Gasteiger charge is -2.33. The number of nitrogens with zero attached hydrogens (tertiary/aromatic N) is 1. The smallest absolute Gasteiger partial charge is 0.227 e. The van der Waals surface area contributed by atoms with Gasteiger partial charge >= 0.3 is 0 Å². The van der Waals surface area contributed by atoms with Gasteiger partial charge < -0.3 is 20.6 Å². The number of phenolic OH excluding ortho intramolecular Hbond substituents is 1. The quantitative estimate of drug-likeness (QED) is 0.550. The highest BCUT2D eigenvalue weighted by atomic mass is 32.1. The van der Waals surface area contributed by atoms with Gasteiger partial charge in [-0.25, -0.2) is 0 Å². The molecule has 0 saturated carbocycles. The van der Waals surface area contributed by atoms with E-state index in [0.29, 0.717) is 10.8 Å². The number of piperidine rings is 1. The maximum absolute atomic E-state index is 12.5. The molecule has 5 nitrogen and oxygen atoms in total. The first kappa shape index (κ1) is 19.2. The number of carbonyl (C=O) groups is 1. The predicted octanol–water partition coefficient (Wildman–Crippen LogP) is 4.00. The summed E-state index contributed by atoms with van der Waals surface area (Å²) in [6, 6.07) is 15.0. The molecule has 2 aromatic carbocycles. The maximum atomic E-state index is 12.5. The van der Waals surface area contributed by atoms with Gasteiger partial charge in [0.1, 0.15) is 5.75 Å². The van der Waals surface area contributed by atoms with Crippen molar-refractivity contribution in [2.45, 2.75) is 26.2 Å². The van der Waals surface area contributed by atoms with E-state index >= 15 is 0 Å². The van der Waals surface area contributed by atoms with Crippen LogP contribution < -0.4 is 10.6 Å². The molecule has 0 bridgehead atoms. The van der Waals surface area contributed by atoms with Crippen molar-refractivity contribution in [2.75, 3.05) is 23.7 Å². The highest BCUT2D eigenvalue weighted by molar-refractivity contribution is 7.80. The zero-order valence-electron chi connectivity index (χ0n) is 15.4. The van der Waals surface area contributed by atoms with Crippen LogP contribution >= 0.6 is 12.2 Å². The molecule has 1 aliphatic heterocycles. The average Bonchev–Trinajstić information content (AvgIpc) is 2.70. The fraction of sp³-hybridized carbons (Fsp3) is 0.333. The van der Waals surface area contributed by atoms with E-state index in [1.165, 1.54) is 5.56 Å². The number of hydrogen-bond donors (Lipinski definition) is 3. The van der Waals surface area contributed by atoms with E-state index in [1.807, 2.05) is 12.1 Å². The lowest BCUT2D eigenvalue weighted by atomic mass is 9.96. The third-order valence-electron chi connectivity index (χ3n) is 4.90. The second kappa shape index (κ2) is 8.86. The van der Waals surface area contributed by atoms with Crippen LogP contribution in [0.3, 0.4) is 0 Å². The number of aromatic hydroxyl groups is 1. The highest BCUT2D eigenvalue weighted by Gasteiger charge is 2.26. The van der Waals surface area contributed by atoms with Gasteiger partial charge in [0.05, 0.1) is 5.69 Å². The molecule has 1 fully saturated rings. The van der Waals surface area contributed by atoms with E-state index in [2.05, 4.69) is 34.6 Å². The monoisotopic (exact) mass is 383 g/mol. The number of aryl methyl sites for hydroxylation is 1. The van der Waals surface area contributed by atoms with Gasteiger partial charge in [0.2, 0.25) is 5.91 Å². The molecule has 6 heteroatoms. The molecule has 0 atom stereocenters. The Morgan fingerprint density at radius 2 is 1.89 bits per heavy atom. The molecule has 0 unspecified atom stereocenters. The minimum absolute atomic E-state index is 0.0503. The van der Waals surface area contributed by atoms with Crippen molar-refractivity contribution in [3.05, 3.63) is 54.1 Å². The molecule has 0 radical (unpaired) electrons. The molecule has 1 aliphatic rings. The first-order valence-electron chi connectivity index (χ1n) is 9.30. The molecule has 1 heterocycles. The van der Waals surface area contributed by atoms with Crippen LogP contribution in [-0.4, -0.2) is 34.1 Å². The van der Waals surface area contributed by atoms with Crippen LogP contribution in [0.25, 0.3) is 0 Å². The Morgan fingerprint density at radius 3 is 2.59 bits per heavy atom. The van der Waals surface area contributed by atoms with Crippen LogP contribution in [0, 0.1) is 5.92 Å². The van der Waals surface area contributed by atoms with E-state index in [1.54, 1.807) is 24.3 Å². The standard InChI is InChI=1S/C21H25N3O2S/c1-2-15-6-5-7-17(14-15)22-21(27)24-12-10-16(11-13-24)20(26)23-18-8-3-4-9-19(18)25/h3-9,14,16,25H,2,10-13H2,1H3,(H,22,27)(H,23,26). The minimum atomic E-state index is -0.0768. The number of amides is 1. The van der Waals surface area contributed by atoms with E-state index in [9.17, 15) is 9.90 Å². The summed E-state index contributed by atoms with van der Waals surface area (Å²) in [6.45, 7) is 3.60. The Bertz CT molecular complexity index is 817. The molecule has 3 rings (SSSR count). The molecule has 27 heavy (non-hydrogen) atoms. The van der Waals surface area contributed by atoms with Crippen LogP contribution in [0.15, 0.2) is 48.5 Å². The van der Waals surface area contributed by atoms with Gasteiger partial charge in [-0.1, -0.05) is 31.2 Å². The van der Waals surface area contributed by atoms with Crippen LogP contribution in [0.4, 0.5) is 11.4 Å². The van der Waals surface area contributed by atoms with E-state index in [-0.39, 0.29) is 17.6 Å². The van der Waals surface area contributed by atoms with Crippen molar-refractivity contribution < 1.29 is 9.90 Å². The SMILES string of the molecule is CCc1cccc(NC(=S)N2CCC(C(=O)Nc3ccccc3O)CC2)c1. The molecule has 0 aliphatic carbocycles. The molecule has 0 aromatic heterocycles. The van der Waals surface area contributed by atoms with Gasteiger partial charge in [-0.3, -0.25) is 4.79 Å². The molecule has 0 spiro atoms. The van der Waals surface area contributed by atoms with Gasteiger partial charge in [-0.2, -0.15) is 0 Å². The molecular formula is C21H25N3O2S. The summed E-state index contributed by atoms with van der Waals surface area (Å²) >= 11 is 5.54. The van der Waals surface area contributed by atoms with Crippen molar-refractivity contribution in [2.24, 2.45) is 5.92 Å². The number of benzene rings is 2. The fourth-order valence-electron chi connectivity index (χ4n) is 3.23. The predicted molar refractivity (Wildman–Crippen MR) is 113 cm³/mol. The van der Waals surface area contributed by atoms with Crippen LogP contribution in [0.1, 0.15) is 25.3 Å². The number of para-hydroxylation sites is 2. The van der Waals surface area contributed by atoms with Crippen LogP contribution in [-0.2, 0) is 11.2 Å². The summed E-state index contributed by atoms with van der Waals surface area (Å²) in [4.78, 5) is 14.6. The number of thiocarbonyl (C=S) groups is 1. The van der Waals surface area contributed by atoms with Crippen LogP contribution in [0.2, 0.25) is 0 Å². The van der Waals surface area contributed by atoms with Gasteiger partial charge in [-0.15, -0.1) is 0 Å². The topological polar surface area (TPSA) is 64.6 Å². The molecule has 142 valence electrons. The van der Waals surface area contributed by atoms with E-state index in [4.69, 9.17) is 12.2 Å². The summed E-state index contributed by atoms with van der Waals surface area (Å²) in [6.07, 6.45) is 2.45. The zero-order valence-corrected chi connectivity index (χ0v) is 16.3. The number of carbonyl (C=O) groups excluding carboxylic acids is 1. The lowest BCUT2D eigenvalue weighted by molar-refractivity contribution is -0.121. The Labute approximate surface area is 165 Å². The van der Waals surface area contributed by atoms with Crippen molar-refractivity contribution in [3.8, 4) is 5.75 Å². The summed E-state index contributed by atoms with van der Waals surface area (Å²) in [5, 5.41) is 16.6. The van der Waals surface area contributed by atoms with E-state index in [0.717, 1.165) is 38.0 Å². The van der Waals surface area contributed by atoms with Crippen molar-refractivity contribution in [1.82, 2.24) is 4.90 Å². The van der Waals surface area contributed by atoms with Gasteiger partial charge in [0, 0.05) is 24.7 Å². The molecule has 1 saturated heterocycles. The van der Waals surface area contributed by atoms with Crippen molar-refractivity contribution in [3.63, 3.8) is 0 Å². The number of anilines is 2. The van der Waals surface area contributed by atoms with Gasteiger partial charge in [-0.05, 0) is 61.3 Å². The number of rotatable bonds is 4. The normalized spacial score (nSPS) is 14.6. The Morgan fingerprint density at radius 1 is 1.15 bits per heavy atom. The molecular weight excluding hydrogens is 358 g/mol. The van der Waals surface area contributed by atoms with Crippen molar-refractivity contribution in [1.29, 1.82) is 0 Å². The number of likely N-dealkylation sites (tertiary alicyclic amines) is 1. The summed E-state index contributed by atoms with van der Waals surface area (Å²) < 4.78 is 0. The Kier molecular flexibility index (Phi) is 6.29. The third-order valence-corrected chi connectivity index (χ3v) is 5.26. The number of phenols is 1. The summed E-state index contributed by atoms with van der Waals surface area (Å²) in [5.41, 5.74) is 2.72. The third kappa shape index (κ3) is 4.98. The molecule has 2 aromatic rings. The zero-order chi connectivity index (χ0) is 19.2. The molecule has 3 N–H and O–H groups in total. The first-order chi connectivity index (χ1) is 13.1. The van der Waals surface area contributed by atoms with Crippen molar-refractivity contribution >= 4 is 34.6 Å². The van der Waals surface area contributed by atoms with E-state index < -0.39 is 0 Å². The largest absolute Gasteiger partial charge is 0.506 e. The minimum Gasteiger partial charge on any atom is -0.506 e. The summed E-state index contributed by atoms with van der Waals surface area (Å²) in [7, 11) is 0. The van der Waals surface area contributed by atoms with Gasteiger partial charge in [0.25, 0.3) is 0 Å². The summed E-state index contributed by atoms with van der Waals surface area (Å²) in [5.74, 6) is -0.0410. The fourth-order valence-corrected chi connectivity index (χ4v) is 3.53. The second-order valence-electron chi connectivity index (χ2n) is 6.75. The Balaban J connectivity index is 1.51. The lowest BCUT2D eigenvalue weighted by Crippen LogP contribution is -2.43. The maximum Gasteiger partial charge on any atom is 0.227 e. The number of nitrogens with one attached hydrogen (secondary N) is 2. The number of hydrogen-bond acceptors (Lipinski definition) is 3. The van der Waals surface area contributed by atoms with Crippen LogP contribution in [0.5, 0.6) is 5.75 Å². The second-order valence-corrected chi connectivity index (χ2v) is 7.14. The molecule has 1 amide bonds. The Hall–Kier alpha value is -2.60. The first-order valence-corrected chi connectivity index (χ1v) is 9.71. The highest BCUT2D eigenvalue weighted by Crippen LogP contribution is 2.25.